The lowest BCUT2D eigenvalue weighted by molar-refractivity contribution is -0.116. The molecule has 0 saturated heterocycles. The first-order valence-corrected chi connectivity index (χ1v) is 10.9. The van der Waals surface area contributed by atoms with E-state index >= 15 is 0 Å². The Hall–Kier alpha value is -3.81. The van der Waals surface area contributed by atoms with Crippen LogP contribution in [0.1, 0.15) is 35.9 Å². The maximum absolute atomic E-state index is 13.6. The molecule has 0 saturated carbocycles. The summed E-state index contributed by atoms with van der Waals surface area (Å²) in [5, 5.41) is 7.81. The third-order valence-corrected chi connectivity index (χ3v) is 6.47. The Labute approximate surface area is 192 Å². The summed E-state index contributed by atoms with van der Waals surface area (Å²) in [7, 11) is 7.26. The zero-order valence-electron chi connectivity index (χ0n) is 19.2. The lowest BCUT2D eigenvalue weighted by Gasteiger charge is -2.35. The molecule has 2 atom stereocenters. The van der Waals surface area contributed by atoms with Crippen LogP contribution in [0.4, 0.5) is 11.6 Å². The molecule has 5 rings (SSSR count). The van der Waals surface area contributed by atoms with E-state index in [9.17, 15) is 4.79 Å². The first-order valence-electron chi connectivity index (χ1n) is 10.9. The summed E-state index contributed by atoms with van der Waals surface area (Å²) in [4.78, 5) is 20.0. The second-order valence-electron chi connectivity index (χ2n) is 8.58. The van der Waals surface area contributed by atoms with E-state index in [2.05, 4.69) is 44.6 Å². The van der Waals surface area contributed by atoms with Gasteiger partial charge in [-0.3, -0.25) is 4.79 Å². The van der Waals surface area contributed by atoms with Crippen LogP contribution >= 0.6 is 0 Å². The van der Waals surface area contributed by atoms with Crippen molar-refractivity contribution < 1.29 is 14.3 Å². The Morgan fingerprint density at radius 1 is 1.00 bits per heavy atom. The number of benzene rings is 2. The fourth-order valence-corrected chi connectivity index (χ4v) is 4.76. The first-order chi connectivity index (χ1) is 16.0. The molecule has 0 amide bonds. The Morgan fingerprint density at radius 2 is 1.73 bits per heavy atom. The molecular formula is C25H27N5O3. The molecule has 0 radical (unpaired) electrons. The molecular weight excluding hydrogens is 418 g/mol. The molecule has 2 aromatic carbocycles. The number of aromatic nitrogens is 3. The van der Waals surface area contributed by atoms with Crippen LogP contribution < -0.4 is 19.7 Å². The monoisotopic (exact) mass is 445 g/mol. The predicted octanol–water partition coefficient (Wildman–Crippen LogP) is 3.78. The SMILES string of the molecule is COc1ccc([C@@H]2CC(=O)C3=C(C2)Nc2ncnn2[C@H]3c2ccc(N(C)C)cc2)cc1OC. The molecule has 2 heterocycles. The molecule has 2 aliphatic rings. The van der Waals surface area contributed by atoms with Crippen molar-refractivity contribution in [2.24, 2.45) is 0 Å². The number of ether oxygens (including phenoxy) is 2. The quantitative estimate of drug-likeness (QED) is 0.640. The zero-order valence-corrected chi connectivity index (χ0v) is 19.2. The van der Waals surface area contributed by atoms with E-state index in [1.54, 1.807) is 18.9 Å². The van der Waals surface area contributed by atoms with E-state index < -0.39 is 0 Å². The van der Waals surface area contributed by atoms with Gasteiger partial charge in [-0.25, -0.2) is 4.68 Å². The Balaban J connectivity index is 1.53. The van der Waals surface area contributed by atoms with Gasteiger partial charge in [0.2, 0.25) is 5.95 Å². The molecule has 0 unspecified atom stereocenters. The van der Waals surface area contributed by atoms with Crippen LogP contribution in [0.3, 0.4) is 0 Å². The maximum atomic E-state index is 13.6. The first kappa shape index (κ1) is 21.1. The van der Waals surface area contributed by atoms with Gasteiger partial charge in [-0.1, -0.05) is 18.2 Å². The van der Waals surface area contributed by atoms with Gasteiger partial charge in [-0.15, -0.1) is 0 Å². The summed E-state index contributed by atoms with van der Waals surface area (Å²) >= 11 is 0. The van der Waals surface area contributed by atoms with E-state index in [1.165, 1.54) is 6.33 Å². The summed E-state index contributed by atoms with van der Waals surface area (Å²) in [6, 6.07) is 13.8. The van der Waals surface area contributed by atoms with Crippen molar-refractivity contribution in [3.05, 3.63) is 71.2 Å². The molecule has 0 spiro atoms. The number of allylic oxidation sites excluding steroid dienone is 2. The van der Waals surface area contributed by atoms with Gasteiger partial charge in [-0.2, -0.15) is 10.1 Å². The number of nitrogens with zero attached hydrogens (tertiary/aromatic N) is 4. The smallest absolute Gasteiger partial charge is 0.226 e. The summed E-state index contributed by atoms with van der Waals surface area (Å²) in [6.07, 6.45) is 2.65. The van der Waals surface area contributed by atoms with Crippen molar-refractivity contribution in [3.63, 3.8) is 0 Å². The van der Waals surface area contributed by atoms with Gasteiger partial charge < -0.3 is 19.7 Å². The van der Waals surface area contributed by atoms with E-state index in [1.807, 2.05) is 32.3 Å². The molecule has 1 aromatic heterocycles. The summed E-state index contributed by atoms with van der Waals surface area (Å²) < 4.78 is 12.6. The zero-order chi connectivity index (χ0) is 23.1. The van der Waals surface area contributed by atoms with E-state index in [-0.39, 0.29) is 17.7 Å². The van der Waals surface area contributed by atoms with Crippen molar-refractivity contribution in [1.29, 1.82) is 0 Å². The number of hydrogen-bond acceptors (Lipinski definition) is 7. The number of hydrogen-bond donors (Lipinski definition) is 1. The highest BCUT2D eigenvalue weighted by atomic mass is 16.5. The minimum absolute atomic E-state index is 0.0368. The van der Waals surface area contributed by atoms with Crippen LogP contribution in [0.5, 0.6) is 11.5 Å². The number of carbonyl (C=O) groups is 1. The Bertz CT molecular complexity index is 1230. The van der Waals surface area contributed by atoms with Crippen molar-refractivity contribution in [1.82, 2.24) is 14.8 Å². The summed E-state index contributed by atoms with van der Waals surface area (Å²) in [5.41, 5.74) is 4.84. The number of methoxy groups -OCH3 is 2. The van der Waals surface area contributed by atoms with Crippen LogP contribution in [0.15, 0.2) is 60.1 Å². The normalized spacial score (nSPS) is 19.5. The molecule has 1 aliphatic carbocycles. The van der Waals surface area contributed by atoms with Crippen molar-refractivity contribution in [3.8, 4) is 11.5 Å². The molecule has 0 fully saturated rings. The molecule has 1 aliphatic heterocycles. The topological polar surface area (TPSA) is 81.5 Å². The van der Waals surface area contributed by atoms with Crippen LogP contribution in [-0.2, 0) is 4.79 Å². The number of Topliss-reactive ketones (excluding diaryl/α,β-unsaturated/α-hetero) is 1. The van der Waals surface area contributed by atoms with Gasteiger partial charge in [0.15, 0.2) is 17.3 Å². The standard InChI is InChI=1S/C25H27N5O3/c1-29(2)18-8-5-15(6-9-18)24-23-19(28-25-26-14-27-30(24)25)11-17(12-20(23)31)16-7-10-21(32-3)22(13-16)33-4/h5-10,13-14,17,24H,11-12H2,1-4H3,(H,26,27,28)/t17-,24-/m0/s1. The lowest BCUT2D eigenvalue weighted by Crippen LogP contribution is -2.33. The third kappa shape index (κ3) is 3.61. The number of carbonyl (C=O) groups excluding carboxylic acids is 1. The van der Waals surface area contributed by atoms with E-state index in [0.717, 1.165) is 28.1 Å². The van der Waals surface area contributed by atoms with Crippen molar-refractivity contribution in [2.45, 2.75) is 24.8 Å². The Morgan fingerprint density at radius 3 is 2.42 bits per heavy atom. The average Bonchev–Trinajstić information content (AvgIpc) is 3.30. The van der Waals surface area contributed by atoms with Gasteiger partial charge in [0.25, 0.3) is 0 Å². The average molecular weight is 446 g/mol. The summed E-state index contributed by atoms with van der Waals surface area (Å²) in [6.45, 7) is 0. The highest BCUT2D eigenvalue weighted by Crippen LogP contribution is 2.45. The predicted molar refractivity (Wildman–Crippen MR) is 126 cm³/mol. The van der Waals surface area contributed by atoms with Gasteiger partial charge in [0.1, 0.15) is 12.4 Å². The highest BCUT2D eigenvalue weighted by Gasteiger charge is 2.39. The maximum Gasteiger partial charge on any atom is 0.226 e. The number of rotatable bonds is 5. The number of fused-ring (bicyclic) bond motifs is 1. The van der Waals surface area contributed by atoms with Gasteiger partial charge in [0.05, 0.1) is 14.2 Å². The fraction of sp³-hybridized carbons (Fsp3) is 0.320. The Kier molecular flexibility index (Phi) is 5.28. The van der Waals surface area contributed by atoms with Crippen LogP contribution in [0, 0.1) is 0 Å². The molecule has 170 valence electrons. The summed E-state index contributed by atoms with van der Waals surface area (Å²) in [5.74, 6) is 2.14. The highest BCUT2D eigenvalue weighted by molar-refractivity contribution is 6.00. The van der Waals surface area contributed by atoms with Gasteiger partial charge in [0, 0.05) is 37.5 Å². The molecule has 8 heteroatoms. The largest absolute Gasteiger partial charge is 0.493 e. The molecule has 33 heavy (non-hydrogen) atoms. The number of nitrogens with one attached hydrogen (secondary N) is 1. The molecule has 1 N–H and O–H groups in total. The van der Waals surface area contributed by atoms with Crippen molar-refractivity contribution >= 4 is 17.4 Å². The van der Waals surface area contributed by atoms with Crippen molar-refractivity contribution in [2.75, 3.05) is 38.5 Å². The van der Waals surface area contributed by atoms with E-state index in [4.69, 9.17) is 9.47 Å². The van der Waals surface area contributed by atoms with Gasteiger partial charge >= 0.3 is 0 Å². The lowest BCUT2D eigenvalue weighted by atomic mass is 9.78. The van der Waals surface area contributed by atoms with Gasteiger partial charge in [-0.05, 0) is 47.7 Å². The van der Waals surface area contributed by atoms with Crippen LogP contribution in [-0.4, -0.2) is 48.9 Å². The third-order valence-electron chi connectivity index (χ3n) is 6.47. The number of ketones is 1. The fourth-order valence-electron chi connectivity index (χ4n) is 4.76. The van der Waals surface area contributed by atoms with Crippen LogP contribution in [0.25, 0.3) is 0 Å². The molecule has 0 bridgehead atoms. The second-order valence-corrected chi connectivity index (χ2v) is 8.58. The number of anilines is 2. The minimum atomic E-state index is -0.297. The molecule has 3 aromatic rings. The molecule has 8 nitrogen and oxygen atoms in total. The minimum Gasteiger partial charge on any atom is -0.493 e. The van der Waals surface area contributed by atoms with Crippen LogP contribution in [0.2, 0.25) is 0 Å². The second kappa shape index (κ2) is 8.27. The van der Waals surface area contributed by atoms with E-state index in [0.29, 0.717) is 30.3 Å².